The molecule has 0 aromatic heterocycles. The summed E-state index contributed by atoms with van der Waals surface area (Å²) in [6.45, 7) is 5.16. The lowest BCUT2D eigenvalue weighted by Gasteiger charge is -2.24. The van der Waals surface area contributed by atoms with Gasteiger partial charge in [0.2, 0.25) is 5.91 Å². The van der Waals surface area contributed by atoms with E-state index in [9.17, 15) is 4.79 Å². The van der Waals surface area contributed by atoms with Crippen molar-refractivity contribution < 1.29 is 9.53 Å². The van der Waals surface area contributed by atoms with Gasteiger partial charge in [0.05, 0.1) is 12.6 Å². The molecule has 0 radical (unpaired) electrons. The average molecular weight is 316 g/mol. The minimum Gasteiger partial charge on any atom is -0.376 e. The molecule has 4 heteroatoms. The van der Waals surface area contributed by atoms with Gasteiger partial charge in [0, 0.05) is 19.2 Å². The summed E-state index contributed by atoms with van der Waals surface area (Å²) in [5.41, 5.74) is 2.66. The predicted molar refractivity (Wildman–Crippen MR) is 91.5 cm³/mol. The maximum atomic E-state index is 12.2. The highest BCUT2D eigenvalue weighted by atomic mass is 16.5. The van der Waals surface area contributed by atoms with Crippen molar-refractivity contribution in [1.29, 1.82) is 0 Å². The predicted octanol–water partition coefficient (Wildman–Crippen LogP) is 2.30. The van der Waals surface area contributed by atoms with E-state index in [4.69, 9.17) is 4.74 Å². The molecule has 2 heterocycles. The van der Waals surface area contributed by atoms with Crippen LogP contribution in [0.15, 0.2) is 24.3 Å². The lowest BCUT2D eigenvalue weighted by Crippen LogP contribution is -2.42. The topological polar surface area (TPSA) is 41.6 Å². The second-order valence-electron chi connectivity index (χ2n) is 6.90. The third-order valence-electron chi connectivity index (χ3n) is 4.99. The Morgan fingerprint density at radius 3 is 2.83 bits per heavy atom. The fraction of sp³-hybridized carbons (Fsp3) is 0.632. The molecular formula is C19H28N2O2. The molecule has 0 bridgehead atoms. The van der Waals surface area contributed by atoms with Gasteiger partial charge in [-0.15, -0.1) is 0 Å². The van der Waals surface area contributed by atoms with Gasteiger partial charge in [-0.25, -0.2) is 0 Å². The lowest BCUT2D eigenvalue weighted by molar-refractivity contribution is -0.123. The minimum atomic E-state index is 0.135. The molecule has 4 nitrogen and oxygen atoms in total. The average Bonchev–Trinajstić information content (AvgIpc) is 3.20. The molecule has 3 rings (SSSR count). The van der Waals surface area contributed by atoms with Crippen LogP contribution in [-0.4, -0.2) is 49.2 Å². The molecule has 2 saturated heterocycles. The van der Waals surface area contributed by atoms with Crippen molar-refractivity contribution in [3.63, 3.8) is 0 Å². The van der Waals surface area contributed by atoms with E-state index in [0.29, 0.717) is 19.1 Å². The van der Waals surface area contributed by atoms with Crippen molar-refractivity contribution >= 4 is 5.91 Å². The van der Waals surface area contributed by atoms with Gasteiger partial charge in [-0.3, -0.25) is 9.69 Å². The number of nitrogens with one attached hydrogen (secondary N) is 1. The molecular weight excluding hydrogens is 288 g/mol. The molecule has 0 spiro atoms. The Kier molecular flexibility index (Phi) is 5.68. The summed E-state index contributed by atoms with van der Waals surface area (Å²) >= 11 is 0. The SMILES string of the molecule is Cc1ccc(CC2CCCN2CC(=O)NCC2CCCO2)cc1. The van der Waals surface area contributed by atoms with Crippen molar-refractivity contribution in [2.45, 2.75) is 51.2 Å². The normalized spacial score (nSPS) is 24.9. The Morgan fingerprint density at radius 2 is 2.09 bits per heavy atom. The summed E-state index contributed by atoms with van der Waals surface area (Å²) in [5, 5.41) is 3.04. The van der Waals surface area contributed by atoms with Crippen LogP contribution in [0.4, 0.5) is 0 Å². The zero-order valence-electron chi connectivity index (χ0n) is 14.1. The number of likely N-dealkylation sites (tertiary alicyclic amines) is 1. The number of rotatable bonds is 6. The highest BCUT2D eigenvalue weighted by molar-refractivity contribution is 5.78. The van der Waals surface area contributed by atoms with Crippen molar-refractivity contribution in [3.8, 4) is 0 Å². The second kappa shape index (κ2) is 7.93. The number of hydrogen-bond acceptors (Lipinski definition) is 3. The smallest absolute Gasteiger partial charge is 0.234 e. The van der Waals surface area contributed by atoms with E-state index in [0.717, 1.165) is 32.4 Å². The van der Waals surface area contributed by atoms with Crippen LogP contribution in [0.3, 0.4) is 0 Å². The van der Waals surface area contributed by atoms with Gasteiger partial charge in [-0.05, 0) is 51.1 Å². The molecule has 1 amide bonds. The number of carbonyl (C=O) groups is 1. The Balaban J connectivity index is 1.46. The first-order chi connectivity index (χ1) is 11.2. The largest absolute Gasteiger partial charge is 0.376 e. The number of amides is 1. The maximum Gasteiger partial charge on any atom is 0.234 e. The van der Waals surface area contributed by atoms with E-state index in [2.05, 4.69) is 41.4 Å². The summed E-state index contributed by atoms with van der Waals surface area (Å²) in [4.78, 5) is 14.5. The molecule has 2 unspecified atom stereocenters. The first kappa shape index (κ1) is 16.5. The molecule has 2 fully saturated rings. The molecule has 2 atom stereocenters. The van der Waals surface area contributed by atoms with Crippen LogP contribution in [0.1, 0.15) is 36.8 Å². The molecule has 1 N–H and O–H groups in total. The van der Waals surface area contributed by atoms with Gasteiger partial charge in [0.1, 0.15) is 0 Å². The highest BCUT2D eigenvalue weighted by Crippen LogP contribution is 2.21. The van der Waals surface area contributed by atoms with E-state index >= 15 is 0 Å². The van der Waals surface area contributed by atoms with E-state index in [1.54, 1.807) is 0 Å². The van der Waals surface area contributed by atoms with E-state index in [-0.39, 0.29) is 12.0 Å². The van der Waals surface area contributed by atoms with Crippen molar-refractivity contribution in [2.75, 3.05) is 26.2 Å². The van der Waals surface area contributed by atoms with Crippen molar-refractivity contribution in [1.82, 2.24) is 10.2 Å². The van der Waals surface area contributed by atoms with Crippen LogP contribution in [0.25, 0.3) is 0 Å². The third-order valence-corrected chi connectivity index (χ3v) is 4.99. The highest BCUT2D eigenvalue weighted by Gasteiger charge is 2.26. The second-order valence-corrected chi connectivity index (χ2v) is 6.90. The monoisotopic (exact) mass is 316 g/mol. The molecule has 0 aliphatic carbocycles. The van der Waals surface area contributed by atoms with E-state index < -0.39 is 0 Å². The first-order valence-electron chi connectivity index (χ1n) is 8.88. The Morgan fingerprint density at radius 1 is 1.26 bits per heavy atom. The number of aryl methyl sites for hydroxylation is 1. The van der Waals surface area contributed by atoms with Gasteiger partial charge < -0.3 is 10.1 Å². The van der Waals surface area contributed by atoms with Crippen LogP contribution in [0.2, 0.25) is 0 Å². The van der Waals surface area contributed by atoms with Gasteiger partial charge in [-0.1, -0.05) is 29.8 Å². The van der Waals surface area contributed by atoms with Crippen LogP contribution in [0, 0.1) is 6.92 Å². The number of nitrogens with zero attached hydrogens (tertiary/aromatic N) is 1. The van der Waals surface area contributed by atoms with Gasteiger partial charge in [-0.2, -0.15) is 0 Å². The number of carbonyl (C=O) groups excluding carboxylic acids is 1. The van der Waals surface area contributed by atoms with Crippen LogP contribution in [-0.2, 0) is 16.0 Å². The summed E-state index contributed by atoms with van der Waals surface area (Å²) in [6, 6.07) is 9.25. The fourth-order valence-corrected chi connectivity index (χ4v) is 3.60. The third kappa shape index (κ3) is 4.79. The summed E-state index contributed by atoms with van der Waals surface area (Å²) in [7, 11) is 0. The number of hydrogen-bond donors (Lipinski definition) is 1. The molecule has 2 aliphatic heterocycles. The van der Waals surface area contributed by atoms with Gasteiger partial charge in [0.25, 0.3) is 0 Å². The quantitative estimate of drug-likeness (QED) is 0.875. The van der Waals surface area contributed by atoms with E-state index in [1.165, 1.54) is 24.0 Å². The Bertz CT molecular complexity index is 509. The maximum absolute atomic E-state index is 12.2. The van der Waals surface area contributed by atoms with Gasteiger partial charge in [0.15, 0.2) is 0 Å². The molecule has 1 aromatic rings. The molecule has 23 heavy (non-hydrogen) atoms. The summed E-state index contributed by atoms with van der Waals surface area (Å²) in [6.07, 6.45) is 5.83. The minimum absolute atomic E-state index is 0.135. The van der Waals surface area contributed by atoms with E-state index in [1.807, 2.05) is 0 Å². The van der Waals surface area contributed by atoms with Gasteiger partial charge >= 0.3 is 0 Å². The molecule has 126 valence electrons. The summed E-state index contributed by atoms with van der Waals surface area (Å²) < 4.78 is 5.55. The Hall–Kier alpha value is -1.39. The van der Waals surface area contributed by atoms with Crippen LogP contribution >= 0.6 is 0 Å². The van der Waals surface area contributed by atoms with Crippen molar-refractivity contribution in [2.24, 2.45) is 0 Å². The fourth-order valence-electron chi connectivity index (χ4n) is 3.60. The summed E-state index contributed by atoms with van der Waals surface area (Å²) in [5.74, 6) is 0.135. The van der Waals surface area contributed by atoms with Crippen LogP contribution in [0.5, 0.6) is 0 Å². The number of benzene rings is 1. The Labute approximate surface area is 139 Å². The standard InChI is InChI=1S/C19H28N2O2/c1-15-6-8-16(9-7-15)12-17-4-2-10-21(17)14-19(22)20-13-18-5-3-11-23-18/h6-9,17-18H,2-5,10-14H2,1H3,(H,20,22). The first-order valence-corrected chi connectivity index (χ1v) is 8.88. The lowest BCUT2D eigenvalue weighted by atomic mass is 10.0. The van der Waals surface area contributed by atoms with Crippen LogP contribution < -0.4 is 5.32 Å². The number of ether oxygens (including phenoxy) is 1. The molecule has 2 aliphatic rings. The molecule has 0 saturated carbocycles. The zero-order valence-corrected chi connectivity index (χ0v) is 14.1. The zero-order chi connectivity index (χ0) is 16.1. The molecule has 1 aromatic carbocycles. The van der Waals surface area contributed by atoms with Crippen molar-refractivity contribution in [3.05, 3.63) is 35.4 Å².